The van der Waals surface area contributed by atoms with Gasteiger partial charge in [-0.25, -0.2) is 9.97 Å². The molecule has 1 aliphatic rings. The van der Waals surface area contributed by atoms with E-state index in [4.69, 9.17) is 15.1 Å². The molecular weight excluding hydrogens is 310 g/mol. The van der Waals surface area contributed by atoms with Crippen LogP contribution in [0.2, 0.25) is 0 Å². The van der Waals surface area contributed by atoms with Crippen LogP contribution in [0.4, 0.5) is 0 Å². The quantitative estimate of drug-likeness (QED) is 0.796. The minimum atomic E-state index is 0.757. The number of allylic oxidation sites excluding steroid dienone is 1. The highest BCUT2D eigenvalue weighted by Crippen LogP contribution is 2.26. The highest BCUT2D eigenvalue weighted by atomic mass is 16.5. The molecule has 0 aliphatic carbocycles. The maximum absolute atomic E-state index is 7.72. The van der Waals surface area contributed by atoms with Crippen LogP contribution in [-0.2, 0) is 4.74 Å². The van der Waals surface area contributed by atoms with Gasteiger partial charge in [-0.3, -0.25) is 0 Å². The molecule has 0 bridgehead atoms. The predicted molar refractivity (Wildman–Crippen MR) is 104 cm³/mol. The molecule has 4 nitrogen and oxygen atoms in total. The van der Waals surface area contributed by atoms with Gasteiger partial charge in [-0.2, -0.15) is 0 Å². The molecule has 0 saturated heterocycles. The van der Waals surface area contributed by atoms with Crippen LogP contribution >= 0.6 is 0 Å². The minimum Gasteiger partial charge on any atom is -0.381 e. The largest absolute Gasteiger partial charge is 0.381 e. The van der Waals surface area contributed by atoms with Gasteiger partial charge in [-0.05, 0) is 31.8 Å². The van der Waals surface area contributed by atoms with Gasteiger partial charge in [-0.15, -0.1) is 0 Å². The summed E-state index contributed by atoms with van der Waals surface area (Å²) in [5.74, 6) is 0.786. The van der Waals surface area contributed by atoms with Gasteiger partial charge < -0.3 is 10.1 Å². The third kappa shape index (κ3) is 4.83. The summed E-state index contributed by atoms with van der Waals surface area (Å²) in [6, 6.07) is 10.0. The van der Waals surface area contributed by atoms with Crippen molar-refractivity contribution in [2.75, 3.05) is 13.2 Å². The number of nitrogens with zero attached hydrogens (tertiary/aromatic N) is 2. The van der Waals surface area contributed by atoms with Crippen molar-refractivity contribution < 1.29 is 4.74 Å². The Morgan fingerprint density at radius 2 is 1.84 bits per heavy atom. The van der Waals surface area contributed by atoms with Crippen LogP contribution in [0.5, 0.6) is 0 Å². The van der Waals surface area contributed by atoms with Crippen molar-refractivity contribution in [2.24, 2.45) is 0 Å². The number of hydrogen-bond acceptors (Lipinski definition) is 4. The van der Waals surface area contributed by atoms with Crippen LogP contribution in [0.25, 0.3) is 16.8 Å². The number of benzene rings is 1. The summed E-state index contributed by atoms with van der Waals surface area (Å²) in [5, 5.41) is 7.72. The molecule has 3 rings (SSSR count). The molecule has 1 aliphatic heterocycles. The van der Waals surface area contributed by atoms with Crippen LogP contribution in [0, 0.1) is 12.3 Å². The molecule has 0 spiro atoms. The summed E-state index contributed by atoms with van der Waals surface area (Å²) in [7, 11) is 0. The third-order valence-corrected chi connectivity index (χ3v) is 4.00. The molecule has 2 heterocycles. The summed E-state index contributed by atoms with van der Waals surface area (Å²) < 4.78 is 5.50. The summed E-state index contributed by atoms with van der Waals surface area (Å²) in [6.45, 7) is 7.50. The van der Waals surface area contributed by atoms with Crippen molar-refractivity contribution in [3.8, 4) is 11.3 Å². The number of aromatic nitrogens is 2. The van der Waals surface area contributed by atoms with Gasteiger partial charge in [-0.1, -0.05) is 50.3 Å². The van der Waals surface area contributed by atoms with Crippen molar-refractivity contribution in [3.63, 3.8) is 0 Å². The van der Waals surface area contributed by atoms with E-state index in [1.807, 2.05) is 51.1 Å². The number of nitrogens with one attached hydrogen (secondary N) is 1. The smallest absolute Gasteiger partial charge is 0.155 e. The van der Waals surface area contributed by atoms with Gasteiger partial charge in [0.25, 0.3) is 0 Å². The number of aryl methyl sites for hydroxylation is 1. The fourth-order valence-electron chi connectivity index (χ4n) is 2.80. The fourth-order valence-corrected chi connectivity index (χ4v) is 2.80. The van der Waals surface area contributed by atoms with Crippen LogP contribution in [-0.4, -0.2) is 29.4 Å². The zero-order valence-electron chi connectivity index (χ0n) is 15.4. The molecular formula is C21H27N3O. The number of ether oxygens (including phenoxy) is 1. The van der Waals surface area contributed by atoms with Crippen molar-refractivity contribution in [2.45, 2.75) is 40.0 Å². The van der Waals surface area contributed by atoms with E-state index in [-0.39, 0.29) is 0 Å². The lowest BCUT2D eigenvalue weighted by Crippen LogP contribution is -2.07. The lowest BCUT2D eigenvalue weighted by Gasteiger charge is -2.14. The van der Waals surface area contributed by atoms with Crippen molar-refractivity contribution in [3.05, 3.63) is 53.5 Å². The first kappa shape index (κ1) is 19.0. The molecule has 1 aromatic carbocycles. The van der Waals surface area contributed by atoms with E-state index in [2.05, 4.69) is 11.1 Å². The summed E-state index contributed by atoms with van der Waals surface area (Å²) in [4.78, 5) is 9.45. The van der Waals surface area contributed by atoms with Crippen LogP contribution in [0.3, 0.4) is 0 Å². The molecule has 1 N–H and O–H groups in total. The molecule has 0 amide bonds. The SMILES string of the molecule is CC.Cc1nc(/C2=C\CCOCCC2)nc(-c2ccccc2)c1C=N. The van der Waals surface area contributed by atoms with Gasteiger partial charge in [0.1, 0.15) is 0 Å². The van der Waals surface area contributed by atoms with E-state index in [0.717, 1.165) is 60.8 Å². The third-order valence-electron chi connectivity index (χ3n) is 4.00. The molecule has 0 atom stereocenters. The summed E-state index contributed by atoms with van der Waals surface area (Å²) in [6.07, 6.45) is 6.35. The van der Waals surface area contributed by atoms with Gasteiger partial charge in [0.05, 0.1) is 18.0 Å². The van der Waals surface area contributed by atoms with Gasteiger partial charge >= 0.3 is 0 Å². The Kier molecular flexibility index (Phi) is 7.48. The Labute approximate surface area is 150 Å². The Bertz CT molecular complexity index is 723. The van der Waals surface area contributed by atoms with Crippen LogP contribution in [0.15, 0.2) is 36.4 Å². The van der Waals surface area contributed by atoms with Gasteiger partial charge in [0.15, 0.2) is 5.82 Å². The second kappa shape index (κ2) is 9.84. The maximum atomic E-state index is 7.72. The van der Waals surface area contributed by atoms with E-state index in [1.54, 1.807) is 0 Å². The first-order valence-electron chi connectivity index (χ1n) is 9.01. The summed E-state index contributed by atoms with van der Waals surface area (Å²) >= 11 is 0. The predicted octanol–water partition coefficient (Wildman–Crippen LogP) is 5.06. The highest BCUT2D eigenvalue weighted by Gasteiger charge is 2.15. The lowest BCUT2D eigenvalue weighted by atomic mass is 10.0. The van der Waals surface area contributed by atoms with Crippen LogP contribution < -0.4 is 0 Å². The van der Waals surface area contributed by atoms with E-state index >= 15 is 0 Å². The van der Waals surface area contributed by atoms with E-state index < -0.39 is 0 Å². The molecule has 2 aromatic rings. The molecule has 0 unspecified atom stereocenters. The lowest BCUT2D eigenvalue weighted by molar-refractivity contribution is 0.135. The second-order valence-electron chi connectivity index (χ2n) is 5.64. The van der Waals surface area contributed by atoms with E-state index in [9.17, 15) is 0 Å². The Hall–Kier alpha value is -2.33. The zero-order valence-corrected chi connectivity index (χ0v) is 15.4. The van der Waals surface area contributed by atoms with E-state index in [1.165, 1.54) is 11.8 Å². The molecule has 132 valence electrons. The van der Waals surface area contributed by atoms with Gasteiger partial charge in [0.2, 0.25) is 0 Å². The average Bonchev–Trinajstić information content (AvgIpc) is 2.63. The molecule has 4 heteroatoms. The Balaban J connectivity index is 0.00000109. The normalized spacial score (nSPS) is 16.5. The minimum absolute atomic E-state index is 0.757. The van der Waals surface area contributed by atoms with E-state index in [0.29, 0.717) is 0 Å². The number of hydrogen-bond donors (Lipinski definition) is 1. The average molecular weight is 337 g/mol. The van der Waals surface area contributed by atoms with Crippen molar-refractivity contribution in [1.82, 2.24) is 9.97 Å². The second-order valence-corrected chi connectivity index (χ2v) is 5.64. The van der Waals surface area contributed by atoms with Crippen LogP contribution in [0.1, 0.15) is 50.2 Å². The van der Waals surface area contributed by atoms with Crippen molar-refractivity contribution in [1.29, 1.82) is 5.41 Å². The molecule has 0 saturated carbocycles. The van der Waals surface area contributed by atoms with Gasteiger partial charge in [0, 0.05) is 23.9 Å². The Morgan fingerprint density at radius 1 is 1.08 bits per heavy atom. The highest BCUT2D eigenvalue weighted by molar-refractivity contribution is 5.88. The monoisotopic (exact) mass is 337 g/mol. The molecule has 0 radical (unpaired) electrons. The topological polar surface area (TPSA) is 58.9 Å². The summed E-state index contributed by atoms with van der Waals surface area (Å²) in [5.41, 5.74) is 4.68. The standard InChI is InChI=1S/C19H21N3O.C2H6/c1-14-17(13-20)18(15-7-3-2-4-8-15)22-19(21-14)16-9-5-11-23-12-6-10-16;1-2/h2-4,7-9,13,20H,5-6,10-12H2,1H3;1-2H3/b16-9-,20-13?;. The zero-order chi connectivity index (χ0) is 18.1. The molecule has 0 fully saturated rings. The first-order chi connectivity index (χ1) is 12.3. The van der Waals surface area contributed by atoms with Crippen molar-refractivity contribution >= 4 is 11.8 Å². The first-order valence-corrected chi connectivity index (χ1v) is 9.01. The number of rotatable bonds is 3. The molecule has 25 heavy (non-hydrogen) atoms. The molecule has 1 aromatic heterocycles. The fraction of sp³-hybridized carbons (Fsp3) is 0.381. The maximum Gasteiger partial charge on any atom is 0.155 e. The Morgan fingerprint density at radius 3 is 2.56 bits per heavy atom.